The molecule has 3 amide bonds. The van der Waals surface area contributed by atoms with Crippen LogP contribution in [0.4, 0.5) is 5.69 Å². The first kappa shape index (κ1) is 25.9. The van der Waals surface area contributed by atoms with E-state index in [1.165, 1.54) is 12.0 Å². The number of carbonyl (C=O) groups is 3. The minimum absolute atomic E-state index is 0.224. The standard InChI is InChI=1S/C35H29N3O4/c1-42-28-18-10-9-17-27(28)38-33(40)31-30-23-13-5-7-15-25(23)35(32(31)34(38)41,26-16-8-6-14-24(26)30)21-36-37-29(39)20-19-22-11-3-2-4-12-22/h2-18,21,30-32H,19-20H2,1H3,(H,37,39)/b36-21-/t30?,31-,32-,35?/m0/s1. The lowest BCUT2D eigenvalue weighted by atomic mass is 9.47. The number of rotatable bonds is 7. The fourth-order valence-corrected chi connectivity index (χ4v) is 7.27. The van der Waals surface area contributed by atoms with Gasteiger partial charge in [-0.1, -0.05) is 91.0 Å². The maximum Gasteiger partial charge on any atom is 0.240 e. The van der Waals surface area contributed by atoms with Gasteiger partial charge in [-0.15, -0.1) is 0 Å². The number of nitrogens with zero attached hydrogens (tertiary/aromatic N) is 2. The van der Waals surface area contributed by atoms with E-state index in [-0.39, 0.29) is 30.1 Å². The van der Waals surface area contributed by atoms with Gasteiger partial charge in [0.05, 0.1) is 30.0 Å². The summed E-state index contributed by atoms with van der Waals surface area (Å²) < 4.78 is 5.55. The van der Waals surface area contributed by atoms with E-state index in [0.29, 0.717) is 17.9 Å². The second-order valence-corrected chi connectivity index (χ2v) is 11.0. The Morgan fingerprint density at radius 1 is 0.857 bits per heavy atom. The average molecular weight is 556 g/mol. The molecule has 1 N–H and O–H groups in total. The molecule has 0 unspecified atom stereocenters. The fourth-order valence-electron chi connectivity index (χ4n) is 7.27. The van der Waals surface area contributed by atoms with Gasteiger partial charge in [-0.05, 0) is 46.4 Å². The lowest BCUT2D eigenvalue weighted by Gasteiger charge is -2.52. The highest BCUT2D eigenvalue weighted by atomic mass is 16.5. The summed E-state index contributed by atoms with van der Waals surface area (Å²) in [6, 6.07) is 32.8. The van der Waals surface area contributed by atoms with Gasteiger partial charge in [0, 0.05) is 18.6 Å². The molecule has 208 valence electrons. The Kier molecular flexibility index (Phi) is 6.23. The quantitative estimate of drug-likeness (QED) is 0.198. The van der Waals surface area contributed by atoms with Gasteiger partial charge >= 0.3 is 0 Å². The summed E-state index contributed by atoms with van der Waals surface area (Å²) in [4.78, 5) is 42.9. The third-order valence-electron chi connectivity index (χ3n) is 8.95. The van der Waals surface area contributed by atoms with Crippen molar-refractivity contribution >= 4 is 29.6 Å². The molecular weight excluding hydrogens is 526 g/mol. The summed E-state index contributed by atoms with van der Waals surface area (Å²) in [5.74, 6) is -1.98. The van der Waals surface area contributed by atoms with Crippen molar-refractivity contribution in [3.05, 3.63) is 131 Å². The number of aryl methyl sites for hydroxylation is 1. The maximum atomic E-state index is 14.5. The van der Waals surface area contributed by atoms with Crippen molar-refractivity contribution in [2.24, 2.45) is 16.9 Å². The molecule has 1 saturated heterocycles. The number of ether oxygens (including phenoxy) is 1. The van der Waals surface area contributed by atoms with Crippen LogP contribution in [0.1, 0.15) is 40.2 Å². The monoisotopic (exact) mass is 555 g/mol. The summed E-state index contributed by atoms with van der Waals surface area (Å²) in [7, 11) is 1.53. The molecule has 4 aromatic carbocycles. The van der Waals surface area contributed by atoms with Crippen LogP contribution in [0.25, 0.3) is 0 Å². The SMILES string of the molecule is COc1ccccc1N1C(=O)[C@@H]2[C@@H](C1=O)C1c3ccccc3C2(/C=N\NC(=O)CCc2ccccc2)c2ccccc21. The molecule has 8 rings (SSSR count). The molecule has 0 aromatic heterocycles. The Morgan fingerprint density at radius 2 is 1.48 bits per heavy atom. The molecule has 2 atom stereocenters. The van der Waals surface area contributed by atoms with Gasteiger partial charge in [0.1, 0.15) is 5.75 Å². The molecule has 2 bridgehead atoms. The van der Waals surface area contributed by atoms with Crippen molar-refractivity contribution in [3.8, 4) is 5.75 Å². The normalized spacial score (nSPS) is 23.5. The predicted octanol–water partition coefficient (Wildman–Crippen LogP) is 4.98. The summed E-state index contributed by atoms with van der Waals surface area (Å²) in [6.45, 7) is 0. The van der Waals surface area contributed by atoms with Gasteiger partial charge in [0.15, 0.2) is 0 Å². The molecule has 1 fully saturated rings. The smallest absolute Gasteiger partial charge is 0.240 e. The van der Waals surface area contributed by atoms with Crippen molar-refractivity contribution in [1.29, 1.82) is 0 Å². The zero-order chi connectivity index (χ0) is 28.8. The highest BCUT2D eigenvalue weighted by Gasteiger charge is 2.68. The van der Waals surface area contributed by atoms with Gasteiger partial charge in [-0.3, -0.25) is 14.4 Å². The molecule has 0 spiro atoms. The Bertz CT molecular complexity index is 1700. The molecule has 0 saturated carbocycles. The van der Waals surface area contributed by atoms with E-state index >= 15 is 0 Å². The van der Waals surface area contributed by atoms with Crippen molar-refractivity contribution in [1.82, 2.24) is 5.43 Å². The van der Waals surface area contributed by atoms with Gasteiger partial charge in [-0.25, -0.2) is 10.3 Å². The van der Waals surface area contributed by atoms with Crippen molar-refractivity contribution in [2.75, 3.05) is 12.0 Å². The van der Waals surface area contributed by atoms with Crippen LogP contribution in [0.2, 0.25) is 0 Å². The van der Waals surface area contributed by atoms with Crippen LogP contribution in [0.3, 0.4) is 0 Å². The molecule has 42 heavy (non-hydrogen) atoms. The van der Waals surface area contributed by atoms with Crippen LogP contribution in [0.5, 0.6) is 5.75 Å². The highest BCUT2D eigenvalue weighted by molar-refractivity contribution is 6.25. The second kappa shape index (κ2) is 10.1. The molecule has 7 nitrogen and oxygen atoms in total. The molecule has 0 radical (unpaired) electrons. The third-order valence-corrected chi connectivity index (χ3v) is 8.95. The van der Waals surface area contributed by atoms with Crippen molar-refractivity contribution in [2.45, 2.75) is 24.2 Å². The maximum absolute atomic E-state index is 14.5. The summed E-state index contributed by atoms with van der Waals surface area (Å²) in [5, 5.41) is 4.49. The second-order valence-electron chi connectivity index (χ2n) is 11.0. The third kappa shape index (κ3) is 3.73. The van der Waals surface area contributed by atoms with Gasteiger partial charge in [0.25, 0.3) is 0 Å². The Balaban J connectivity index is 1.33. The summed E-state index contributed by atoms with van der Waals surface area (Å²) in [6.07, 6.45) is 2.55. The number of hydrazone groups is 1. The number of benzene rings is 4. The molecular formula is C35H29N3O4. The van der Waals surface area contributed by atoms with Crippen LogP contribution in [0.15, 0.2) is 108 Å². The van der Waals surface area contributed by atoms with E-state index in [9.17, 15) is 14.4 Å². The molecule has 1 heterocycles. The predicted molar refractivity (Wildman–Crippen MR) is 159 cm³/mol. The highest BCUT2D eigenvalue weighted by Crippen LogP contribution is 2.63. The number of amides is 3. The Labute approximate surface area is 243 Å². The number of imide groups is 1. The summed E-state index contributed by atoms with van der Waals surface area (Å²) >= 11 is 0. The van der Waals surface area contributed by atoms with Gasteiger partial charge < -0.3 is 4.74 Å². The van der Waals surface area contributed by atoms with E-state index in [4.69, 9.17) is 4.74 Å². The van der Waals surface area contributed by atoms with E-state index in [2.05, 4.69) is 10.5 Å². The molecule has 1 aliphatic heterocycles. The molecule has 4 aromatic rings. The number of methoxy groups -OCH3 is 1. The zero-order valence-corrected chi connectivity index (χ0v) is 23.1. The lowest BCUT2D eigenvalue weighted by Crippen LogP contribution is -2.54. The average Bonchev–Trinajstić information content (AvgIpc) is 3.31. The van der Waals surface area contributed by atoms with Crippen LogP contribution < -0.4 is 15.1 Å². The van der Waals surface area contributed by atoms with E-state index in [0.717, 1.165) is 27.8 Å². The van der Waals surface area contributed by atoms with Crippen LogP contribution in [0, 0.1) is 11.8 Å². The number of nitrogens with one attached hydrogen (secondary N) is 1. The first-order valence-electron chi connectivity index (χ1n) is 14.1. The van der Waals surface area contributed by atoms with Gasteiger partial charge in [0.2, 0.25) is 17.7 Å². The lowest BCUT2D eigenvalue weighted by molar-refractivity contribution is -0.123. The van der Waals surface area contributed by atoms with E-state index in [1.54, 1.807) is 24.4 Å². The van der Waals surface area contributed by atoms with E-state index in [1.807, 2.05) is 84.9 Å². The topological polar surface area (TPSA) is 88.1 Å². The minimum Gasteiger partial charge on any atom is -0.495 e. The number of para-hydroxylation sites is 2. The molecule has 7 heteroatoms. The zero-order valence-electron chi connectivity index (χ0n) is 23.1. The Hall–Kier alpha value is -5.04. The first-order valence-corrected chi connectivity index (χ1v) is 14.1. The van der Waals surface area contributed by atoms with Crippen molar-refractivity contribution < 1.29 is 19.1 Å². The number of hydrogen-bond acceptors (Lipinski definition) is 5. The number of anilines is 1. The molecule has 3 aliphatic carbocycles. The van der Waals surface area contributed by atoms with Gasteiger partial charge in [-0.2, -0.15) is 5.10 Å². The Morgan fingerprint density at radius 3 is 2.17 bits per heavy atom. The molecule has 4 aliphatic rings. The minimum atomic E-state index is -1.05. The number of carbonyl (C=O) groups excluding carboxylic acids is 3. The van der Waals surface area contributed by atoms with Crippen LogP contribution in [-0.2, 0) is 26.2 Å². The summed E-state index contributed by atoms with van der Waals surface area (Å²) in [5.41, 5.74) is 7.02. The number of hydrogen-bond donors (Lipinski definition) is 1. The van der Waals surface area contributed by atoms with Crippen molar-refractivity contribution in [3.63, 3.8) is 0 Å². The van der Waals surface area contributed by atoms with Crippen LogP contribution >= 0.6 is 0 Å². The van der Waals surface area contributed by atoms with Crippen LogP contribution in [-0.4, -0.2) is 31.0 Å². The fraction of sp³-hybridized carbons (Fsp3) is 0.200. The van der Waals surface area contributed by atoms with E-state index < -0.39 is 17.3 Å². The largest absolute Gasteiger partial charge is 0.495 e. The first-order chi connectivity index (χ1) is 20.6.